The Hall–Kier alpha value is -1.26. The normalized spacial score (nSPS) is 22.1. The van der Waals surface area contributed by atoms with E-state index in [-0.39, 0.29) is 5.92 Å². The Morgan fingerprint density at radius 2 is 1.95 bits per heavy atom. The van der Waals surface area contributed by atoms with Crippen LogP contribution < -0.4 is 9.47 Å². The van der Waals surface area contributed by atoms with Crippen LogP contribution in [0.3, 0.4) is 0 Å². The maximum absolute atomic E-state index is 10.5. The Balaban J connectivity index is 1.65. The highest BCUT2D eigenvalue weighted by Crippen LogP contribution is 2.34. The van der Waals surface area contributed by atoms with Gasteiger partial charge >= 0.3 is 0 Å². The number of aliphatic hydroxyl groups is 1. The molecule has 4 heteroatoms. The molecule has 2 aliphatic heterocycles. The van der Waals surface area contributed by atoms with Gasteiger partial charge in [0.1, 0.15) is 13.2 Å². The number of hydrogen-bond acceptors (Lipinski definition) is 4. The highest BCUT2D eigenvalue weighted by Gasteiger charge is 2.27. The van der Waals surface area contributed by atoms with Crippen molar-refractivity contribution in [2.24, 2.45) is 11.8 Å². The quantitative estimate of drug-likeness (QED) is 0.915. The molecule has 110 valence electrons. The highest BCUT2D eigenvalue weighted by molar-refractivity contribution is 5.44. The fraction of sp³-hybridized carbons (Fsp3) is 0.625. The van der Waals surface area contributed by atoms with E-state index in [1.165, 1.54) is 0 Å². The molecule has 2 atom stereocenters. The number of rotatable bonds is 4. The third-order valence-corrected chi connectivity index (χ3v) is 4.13. The lowest BCUT2D eigenvalue weighted by Gasteiger charge is -2.39. The predicted octanol–water partition coefficient (Wildman–Crippen LogP) is 2.08. The Labute approximate surface area is 120 Å². The van der Waals surface area contributed by atoms with Crippen LogP contribution in [-0.2, 0) is 0 Å². The second-order valence-corrected chi connectivity index (χ2v) is 6.15. The van der Waals surface area contributed by atoms with Crippen molar-refractivity contribution in [3.05, 3.63) is 23.8 Å². The fourth-order valence-electron chi connectivity index (χ4n) is 3.06. The van der Waals surface area contributed by atoms with Crippen molar-refractivity contribution in [2.45, 2.75) is 20.0 Å². The van der Waals surface area contributed by atoms with E-state index in [4.69, 9.17) is 9.47 Å². The van der Waals surface area contributed by atoms with Crippen LogP contribution in [-0.4, -0.2) is 42.9 Å². The monoisotopic (exact) mass is 277 g/mol. The molecule has 0 aliphatic carbocycles. The van der Waals surface area contributed by atoms with E-state index in [9.17, 15) is 5.11 Å². The maximum Gasteiger partial charge on any atom is 0.161 e. The van der Waals surface area contributed by atoms with Crippen molar-refractivity contribution in [3.8, 4) is 11.5 Å². The largest absolute Gasteiger partial charge is 0.486 e. The SMILES string of the molecule is CC1CN(C[C@@H](C)[C@H](O)c2ccc3c(c2)OCCO3)C1. The number of benzene rings is 1. The number of fused-ring (bicyclic) bond motifs is 1. The zero-order chi connectivity index (χ0) is 14.1. The number of hydrogen-bond donors (Lipinski definition) is 1. The molecule has 4 nitrogen and oxygen atoms in total. The first-order chi connectivity index (χ1) is 9.63. The average Bonchev–Trinajstić information content (AvgIpc) is 2.44. The molecule has 2 aliphatic rings. The van der Waals surface area contributed by atoms with Gasteiger partial charge in [-0.3, -0.25) is 0 Å². The van der Waals surface area contributed by atoms with E-state index in [0.29, 0.717) is 13.2 Å². The summed E-state index contributed by atoms with van der Waals surface area (Å²) in [6.07, 6.45) is -0.457. The lowest BCUT2D eigenvalue weighted by atomic mass is 9.93. The second kappa shape index (κ2) is 5.62. The molecule has 1 N–H and O–H groups in total. The first-order valence-corrected chi connectivity index (χ1v) is 7.43. The van der Waals surface area contributed by atoms with Crippen LogP contribution in [0.5, 0.6) is 11.5 Å². The lowest BCUT2D eigenvalue weighted by molar-refractivity contribution is 0.0435. The molecule has 1 fully saturated rings. The molecule has 2 heterocycles. The number of ether oxygens (including phenoxy) is 2. The summed E-state index contributed by atoms with van der Waals surface area (Å²) in [6.45, 7) is 8.78. The minimum Gasteiger partial charge on any atom is -0.486 e. The molecule has 0 unspecified atom stereocenters. The van der Waals surface area contributed by atoms with Crippen molar-refractivity contribution < 1.29 is 14.6 Å². The van der Waals surface area contributed by atoms with Gasteiger partial charge in [0, 0.05) is 19.6 Å². The summed E-state index contributed by atoms with van der Waals surface area (Å²) >= 11 is 0. The topological polar surface area (TPSA) is 41.9 Å². The molecule has 1 aromatic rings. The Kier molecular flexibility index (Phi) is 3.85. The summed E-state index contributed by atoms with van der Waals surface area (Å²) < 4.78 is 11.1. The van der Waals surface area contributed by atoms with E-state index in [1.807, 2.05) is 18.2 Å². The molecule has 1 saturated heterocycles. The predicted molar refractivity (Wildman–Crippen MR) is 77.2 cm³/mol. The maximum atomic E-state index is 10.5. The van der Waals surface area contributed by atoms with Crippen LogP contribution in [0.4, 0.5) is 0 Å². The zero-order valence-electron chi connectivity index (χ0n) is 12.2. The molecule has 0 aromatic heterocycles. The van der Waals surface area contributed by atoms with Crippen molar-refractivity contribution in [3.63, 3.8) is 0 Å². The molecule has 0 bridgehead atoms. The number of likely N-dealkylation sites (tertiary alicyclic amines) is 1. The van der Waals surface area contributed by atoms with Gasteiger partial charge in [0.05, 0.1) is 6.10 Å². The average molecular weight is 277 g/mol. The van der Waals surface area contributed by atoms with Gasteiger partial charge in [-0.05, 0) is 29.5 Å². The van der Waals surface area contributed by atoms with Gasteiger partial charge in [0.2, 0.25) is 0 Å². The molecule has 3 rings (SSSR count). The van der Waals surface area contributed by atoms with Crippen LogP contribution in [0.15, 0.2) is 18.2 Å². The summed E-state index contributed by atoms with van der Waals surface area (Å²) in [5.74, 6) is 2.53. The van der Waals surface area contributed by atoms with Crippen LogP contribution in [0.2, 0.25) is 0 Å². The van der Waals surface area contributed by atoms with Crippen molar-refractivity contribution >= 4 is 0 Å². The smallest absolute Gasteiger partial charge is 0.161 e. The fourth-order valence-corrected chi connectivity index (χ4v) is 3.06. The van der Waals surface area contributed by atoms with Crippen molar-refractivity contribution in [1.82, 2.24) is 4.90 Å². The summed E-state index contributed by atoms with van der Waals surface area (Å²) in [7, 11) is 0. The summed E-state index contributed by atoms with van der Waals surface area (Å²) in [5, 5.41) is 10.5. The third-order valence-electron chi connectivity index (χ3n) is 4.13. The van der Waals surface area contributed by atoms with E-state index >= 15 is 0 Å². The molecule has 0 saturated carbocycles. The molecule has 0 radical (unpaired) electrons. The van der Waals surface area contributed by atoms with Crippen molar-refractivity contribution in [2.75, 3.05) is 32.8 Å². The minimum absolute atomic E-state index is 0.213. The zero-order valence-corrected chi connectivity index (χ0v) is 12.2. The van der Waals surface area contributed by atoms with Gasteiger partial charge < -0.3 is 19.5 Å². The highest BCUT2D eigenvalue weighted by atomic mass is 16.6. The van der Waals surface area contributed by atoms with Crippen LogP contribution in [0.1, 0.15) is 25.5 Å². The van der Waals surface area contributed by atoms with E-state index in [2.05, 4.69) is 18.7 Å². The molecule has 0 amide bonds. The van der Waals surface area contributed by atoms with Gasteiger partial charge in [0.15, 0.2) is 11.5 Å². The number of aliphatic hydroxyl groups excluding tert-OH is 1. The third kappa shape index (κ3) is 2.76. The van der Waals surface area contributed by atoms with Crippen LogP contribution in [0.25, 0.3) is 0 Å². The first kappa shape index (κ1) is 13.7. The van der Waals surface area contributed by atoms with Gasteiger partial charge in [0.25, 0.3) is 0 Å². The summed E-state index contributed by atoms with van der Waals surface area (Å²) in [4.78, 5) is 2.40. The molecule has 1 aromatic carbocycles. The number of nitrogens with zero attached hydrogens (tertiary/aromatic N) is 1. The molecule has 20 heavy (non-hydrogen) atoms. The van der Waals surface area contributed by atoms with Crippen LogP contribution >= 0.6 is 0 Å². The summed E-state index contributed by atoms with van der Waals surface area (Å²) in [6, 6.07) is 5.74. The summed E-state index contributed by atoms with van der Waals surface area (Å²) in [5.41, 5.74) is 0.912. The van der Waals surface area contributed by atoms with Crippen LogP contribution in [0, 0.1) is 11.8 Å². The van der Waals surface area contributed by atoms with Gasteiger partial charge in [-0.15, -0.1) is 0 Å². The first-order valence-electron chi connectivity index (χ1n) is 7.43. The Morgan fingerprint density at radius 1 is 1.25 bits per heavy atom. The van der Waals surface area contributed by atoms with Gasteiger partial charge in [-0.25, -0.2) is 0 Å². The molecule has 0 spiro atoms. The van der Waals surface area contributed by atoms with Gasteiger partial charge in [-0.1, -0.05) is 19.9 Å². The van der Waals surface area contributed by atoms with E-state index in [0.717, 1.165) is 42.6 Å². The van der Waals surface area contributed by atoms with Crippen molar-refractivity contribution in [1.29, 1.82) is 0 Å². The van der Waals surface area contributed by atoms with Gasteiger partial charge in [-0.2, -0.15) is 0 Å². The Morgan fingerprint density at radius 3 is 2.65 bits per heavy atom. The lowest BCUT2D eigenvalue weighted by Crippen LogP contribution is -2.47. The van der Waals surface area contributed by atoms with E-state index in [1.54, 1.807) is 0 Å². The molecular formula is C16H23NO3. The standard InChI is InChI=1S/C16H23NO3/c1-11-8-17(9-11)10-12(2)16(18)13-3-4-14-15(7-13)20-6-5-19-14/h3-4,7,11-12,16,18H,5-6,8-10H2,1-2H3/t12-,16+/m1/s1. The van der Waals surface area contributed by atoms with E-state index < -0.39 is 6.10 Å². The second-order valence-electron chi connectivity index (χ2n) is 6.15. The Bertz CT molecular complexity index is 471. The molecular weight excluding hydrogens is 254 g/mol. The minimum atomic E-state index is -0.457.